The van der Waals surface area contributed by atoms with Gasteiger partial charge in [-0.15, -0.1) is 0 Å². The third-order valence-electron chi connectivity index (χ3n) is 4.30. The highest BCUT2D eigenvalue weighted by Crippen LogP contribution is 2.19. The van der Waals surface area contributed by atoms with Crippen LogP contribution in [0.25, 0.3) is 0 Å². The van der Waals surface area contributed by atoms with Crippen LogP contribution in [0.15, 0.2) is 72.0 Å². The van der Waals surface area contributed by atoms with E-state index in [-0.39, 0.29) is 5.91 Å². The molecule has 0 saturated heterocycles. The maximum Gasteiger partial charge on any atom is 0.255 e. The summed E-state index contributed by atoms with van der Waals surface area (Å²) in [4.78, 5) is 12.5. The molecule has 1 N–H and O–H groups in total. The largest absolute Gasteiger partial charge is 0.497 e. The summed E-state index contributed by atoms with van der Waals surface area (Å²) in [7, 11) is 1.64. The molecule has 26 heavy (non-hydrogen) atoms. The van der Waals surface area contributed by atoms with Crippen LogP contribution >= 0.6 is 0 Å². The van der Waals surface area contributed by atoms with E-state index in [0.717, 1.165) is 35.4 Å². The van der Waals surface area contributed by atoms with Gasteiger partial charge in [0.05, 0.1) is 7.11 Å². The zero-order valence-electron chi connectivity index (χ0n) is 15.1. The molecule has 134 valence electrons. The molecule has 0 fully saturated rings. The molecule has 0 heterocycles. The Balaban J connectivity index is 1.62. The first-order chi connectivity index (χ1) is 12.7. The summed E-state index contributed by atoms with van der Waals surface area (Å²) in [6.07, 6.45) is 6.19. The molecule has 0 radical (unpaired) electrons. The van der Waals surface area contributed by atoms with Gasteiger partial charge in [-0.2, -0.15) is 0 Å². The Morgan fingerprint density at radius 2 is 1.81 bits per heavy atom. The third kappa shape index (κ3) is 4.54. The first-order valence-corrected chi connectivity index (χ1v) is 8.70. The van der Waals surface area contributed by atoms with Gasteiger partial charge in [0.25, 0.3) is 5.91 Å². The van der Waals surface area contributed by atoms with Gasteiger partial charge in [0, 0.05) is 11.3 Å². The number of carbonyl (C=O) groups excluding carboxylic acids is 1. The molecule has 0 bridgehead atoms. The molecule has 2 aromatic carbocycles. The smallest absolute Gasteiger partial charge is 0.255 e. The lowest BCUT2D eigenvalue weighted by atomic mass is 10.0. The van der Waals surface area contributed by atoms with Crippen molar-refractivity contribution >= 4 is 5.91 Å². The van der Waals surface area contributed by atoms with Crippen LogP contribution in [-0.2, 0) is 6.61 Å². The number of methoxy groups -OCH3 is 1. The van der Waals surface area contributed by atoms with Crippen LogP contribution in [0, 0.1) is 0 Å². The molecule has 4 nitrogen and oxygen atoms in total. The molecular weight excluding hydrogens is 326 g/mol. The molecule has 0 atom stereocenters. The number of benzene rings is 2. The Labute approximate surface area is 154 Å². The van der Waals surface area contributed by atoms with Crippen LogP contribution in [0.1, 0.15) is 35.7 Å². The van der Waals surface area contributed by atoms with Crippen LogP contribution in [0.2, 0.25) is 0 Å². The van der Waals surface area contributed by atoms with Gasteiger partial charge in [0.15, 0.2) is 0 Å². The molecule has 0 spiro atoms. The Kier molecular flexibility index (Phi) is 5.74. The van der Waals surface area contributed by atoms with Gasteiger partial charge >= 0.3 is 0 Å². The predicted molar refractivity (Wildman–Crippen MR) is 102 cm³/mol. The fourth-order valence-electron chi connectivity index (χ4n) is 2.76. The van der Waals surface area contributed by atoms with Crippen molar-refractivity contribution in [3.63, 3.8) is 0 Å². The maximum absolute atomic E-state index is 12.5. The summed E-state index contributed by atoms with van der Waals surface area (Å²) >= 11 is 0. The van der Waals surface area contributed by atoms with E-state index in [1.807, 2.05) is 43.3 Å². The van der Waals surface area contributed by atoms with Gasteiger partial charge in [-0.05, 0) is 61.2 Å². The van der Waals surface area contributed by atoms with Crippen LogP contribution < -0.4 is 14.8 Å². The minimum absolute atomic E-state index is 0.124. The zero-order chi connectivity index (χ0) is 18.4. The molecule has 1 amide bonds. The summed E-state index contributed by atoms with van der Waals surface area (Å²) in [5, 5.41) is 2.98. The lowest BCUT2D eigenvalue weighted by molar-refractivity contribution is 0.0966. The summed E-state index contributed by atoms with van der Waals surface area (Å²) in [5.74, 6) is 1.35. The van der Waals surface area contributed by atoms with E-state index in [1.54, 1.807) is 19.2 Å². The van der Waals surface area contributed by atoms with Crippen LogP contribution in [0.3, 0.4) is 0 Å². The predicted octanol–water partition coefficient (Wildman–Crippen LogP) is 4.63. The number of nitrogens with one attached hydrogen (secondary N) is 1. The van der Waals surface area contributed by atoms with Crippen molar-refractivity contribution in [1.82, 2.24) is 5.32 Å². The monoisotopic (exact) mass is 349 g/mol. The van der Waals surface area contributed by atoms with Crippen molar-refractivity contribution in [1.29, 1.82) is 0 Å². The summed E-state index contributed by atoms with van der Waals surface area (Å²) in [6, 6.07) is 15.0. The first-order valence-electron chi connectivity index (χ1n) is 8.70. The van der Waals surface area contributed by atoms with E-state index in [2.05, 4.69) is 17.5 Å². The van der Waals surface area contributed by atoms with E-state index in [9.17, 15) is 4.79 Å². The quantitative estimate of drug-likeness (QED) is 0.827. The fraction of sp³-hybridized carbons (Fsp3) is 0.227. The van der Waals surface area contributed by atoms with E-state index < -0.39 is 0 Å². The number of carbonyl (C=O) groups is 1. The number of amides is 1. The van der Waals surface area contributed by atoms with E-state index in [1.165, 1.54) is 0 Å². The average molecular weight is 349 g/mol. The molecular formula is C22H23NO3. The molecule has 0 saturated carbocycles. The topological polar surface area (TPSA) is 47.6 Å². The van der Waals surface area contributed by atoms with Crippen molar-refractivity contribution in [2.75, 3.05) is 7.11 Å². The molecule has 2 aromatic rings. The van der Waals surface area contributed by atoms with Gasteiger partial charge in [-0.1, -0.05) is 30.4 Å². The molecule has 0 aromatic heterocycles. The van der Waals surface area contributed by atoms with E-state index >= 15 is 0 Å². The number of hydrogen-bond acceptors (Lipinski definition) is 3. The maximum atomic E-state index is 12.5. The van der Waals surface area contributed by atoms with E-state index in [0.29, 0.717) is 17.9 Å². The van der Waals surface area contributed by atoms with Crippen molar-refractivity contribution in [3.8, 4) is 11.5 Å². The highest BCUT2D eigenvalue weighted by Gasteiger charge is 2.11. The normalized spacial score (nSPS) is 13.5. The lowest BCUT2D eigenvalue weighted by Crippen LogP contribution is -2.24. The Hall–Kier alpha value is -3.01. The Bertz CT molecular complexity index is 835. The van der Waals surface area contributed by atoms with Crippen LogP contribution in [-0.4, -0.2) is 13.0 Å². The molecule has 1 aliphatic carbocycles. The Morgan fingerprint density at radius 3 is 2.54 bits per heavy atom. The molecule has 0 aliphatic heterocycles. The molecule has 3 rings (SSSR count). The number of hydrogen-bond donors (Lipinski definition) is 1. The van der Waals surface area contributed by atoms with Gasteiger partial charge in [0.2, 0.25) is 0 Å². The highest BCUT2D eigenvalue weighted by atomic mass is 16.5. The minimum atomic E-state index is -0.124. The lowest BCUT2D eigenvalue weighted by Gasteiger charge is -2.14. The second-order valence-electron chi connectivity index (χ2n) is 6.20. The second kappa shape index (κ2) is 8.39. The zero-order valence-corrected chi connectivity index (χ0v) is 15.1. The third-order valence-corrected chi connectivity index (χ3v) is 4.30. The number of rotatable bonds is 6. The van der Waals surface area contributed by atoms with Gasteiger partial charge < -0.3 is 14.8 Å². The van der Waals surface area contributed by atoms with Crippen molar-refractivity contribution in [2.45, 2.75) is 26.4 Å². The van der Waals surface area contributed by atoms with E-state index in [4.69, 9.17) is 9.47 Å². The van der Waals surface area contributed by atoms with Crippen molar-refractivity contribution in [3.05, 3.63) is 83.1 Å². The highest BCUT2D eigenvalue weighted by molar-refractivity contribution is 5.96. The Morgan fingerprint density at radius 1 is 1.04 bits per heavy atom. The number of ether oxygens (including phenoxy) is 2. The van der Waals surface area contributed by atoms with Gasteiger partial charge in [-0.3, -0.25) is 4.79 Å². The molecule has 0 unspecified atom stereocenters. The summed E-state index contributed by atoms with van der Waals surface area (Å²) in [6.45, 7) is 2.45. The van der Waals surface area contributed by atoms with Gasteiger partial charge in [0.1, 0.15) is 18.1 Å². The summed E-state index contributed by atoms with van der Waals surface area (Å²) < 4.78 is 11.0. The summed E-state index contributed by atoms with van der Waals surface area (Å²) in [5.41, 5.74) is 3.62. The van der Waals surface area contributed by atoms with Gasteiger partial charge in [-0.25, -0.2) is 0 Å². The second-order valence-corrected chi connectivity index (χ2v) is 6.20. The van der Waals surface area contributed by atoms with Crippen molar-refractivity contribution in [2.24, 2.45) is 0 Å². The van der Waals surface area contributed by atoms with Crippen LogP contribution in [0.4, 0.5) is 0 Å². The standard InChI is InChI=1S/C22H23NO3/c1-16-6-3-4-9-21(16)23-22(24)18-7-5-8-20(14-18)26-15-17-10-12-19(25-2)13-11-17/h5-14H,3-4,15H2,1-2H3,(H,23,24). The fourth-order valence-corrected chi connectivity index (χ4v) is 2.76. The molecule has 1 aliphatic rings. The van der Waals surface area contributed by atoms with Crippen molar-refractivity contribution < 1.29 is 14.3 Å². The molecule has 4 heteroatoms. The first kappa shape index (κ1) is 17.8. The minimum Gasteiger partial charge on any atom is -0.497 e. The SMILES string of the molecule is COc1ccc(COc2cccc(C(=O)NC3=CCCC=C3C)c2)cc1. The number of allylic oxidation sites excluding steroid dienone is 3. The van der Waals surface area contributed by atoms with Crippen LogP contribution in [0.5, 0.6) is 11.5 Å². The average Bonchev–Trinajstić information content (AvgIpc) is 2.69.